The summed E-state index contributed by atoms with van der Waals surface area (Å²) in [5, 5.41) is 49.2. The van der Waals surface area contributed by atoms with Crippen LogP contribution in [0, 0.1) is 11.3 Å². The van der Waals surface area contributed by atoms with Gasteiger partial charge in [-0.05, 0) is 30.3 Å². The molecular formula is C20H18ClN3O6. The molecule has 0 amide bonds. The number of aromatic nitrogens is 2. The first-order chi connectivity index (χ1) is 14.4. The Morgan fingerprint density at radius 3 is 2.67 bits per heavy atom. The van der Waals surface area contributed by atoms with E-state index in [9.17, 15) is 20.4 Å². The fraction of sp³-hybridized carbons (Fsp3) is 0.300. The molecule has 4 rings (SSSR count). The molecule has 3 heterocycles. The van der Waals surface area contributed by atoms with Crippen molar-refractivity contribution < 1.29 is 29.9 Å². The minimum Gasteiger partial charge on any atom is -0.460 e. The number of rotatable bonds is 4. The largest absolute Gasteiger partial charge is 0.460 e. The molecule has 1 aliphatic rings. The van der Waals surface area contributed by atoms with Gasteiger partial charge in [0.2, 0.25) is 6.29 Å². The quantitative estimate of drug-likeness (QED) is 0.473. The molecule has 156 valence electrons. The van der Waals surface area contributed by atoms with Crippen molar-refractivity contribution in [2.75, 3.05) is 6.61 Å². The number of aliphatic hydroxyl groups excluding tert-OH is 4. The van der Waals surface area contributed by atoms with Crippen LogP contribution in [0.3, 0.4) is 0 Å². The van der Waals surface area contributed by atoms with Crippen LogP contribution >= 0.6 is 11.6 Å². The van der Waals surface area contributed by atoms with Crippen molar-refractivity contribution in [2.45, 2.75) is 30.7 Å². The van der Waals surface area contributed by atoms with Crippen LogP contribution in [0.5, 0.6) is 5.75 Å². The Morgan fingerprint density at radius 1 is 1.17 bits per heavy atom. The number of hydrogen-bond acceptors (Lipinski definition) is 8. The van der Waals surface area contributed by atoms with Crippen molar-refractivity contribution in [2.24, 2.45) is 0 Å². The van der Waals surface area contributed by atoms with Crippen molar-refractivity contribution in [3.05, 3.63) is 53.3 Å². The lowest BCUT2D eigenvalue weighted by Gasteiger charge is -2.39. The monoisotopic (exact) mass is 431 g/mol. The van der Waals surface area contributed by atoms with E-state index in [0.29, 0.717) is 16.9 Å². The lowest BCUT2D eigenvalue weighted by molar-refractivity contribution is -0.277. The number of benzene rings is 1. The lowest BCUT2D eigenvalue weighted by atomic mass is 9.99. The van der Waals surface area contributed by atoms with Gasteiger partial charge in [0.15, 0.2) is 0 Å². The average Bonchev–Trinajstić information content (AvgIpc) is 3.18. The minimum atomic E-state index is -1.55. The number of halogens is 1. The lowest BCUT2D eigenvalue weighted by Crippen LogP contribution is -2.60. The third-order valence-corrected chi connectivity index (χ3v) is 5.24. The third kappa shape index (κ3) is 3.61. The Morgan fingerprint density at radius 2 is 1.97 bits per heavy atom. The molecule has 1 aliphatic heterocycles. The van der Waals surface area contributed by atoms with Gasteiger partial charge in [0.1, 0.15) is 41.9 Å². The van der Waals surface area contributed by atoms with E-state index in [4.69, 9.17) is 26.3 Å². The molecule has 3 aromatic rings. The van der Waals surface area contributed by atoms with Crippen LogP contribution in [0.2, 0.25) is 5.02 Å². The molecule has 5 unspecified atom stereocenters. The maximum Gasteiger partial charge on any atom is 0.229 e. The number of ether oxygens (including phenoxy) is 2. The number of hydrogen-bond donors (Lipinski definition) is 4. The number of fused-ring (bicyclic) bond motifs is 1. The highest BCUT2D eigenvalue weighted by Crippen LogP contribution is 2.32. The summed E-state index contributed by atoms with van der Waals surface area (Å²) < 4.78 is 12.7. The maximum absolute atomic E-state index is 10.1. The Hall–Kier alpha value is -2.71. The van der Waals surface area contributed by atoms with Gasteiger partial charge < -0.3 is 34.5 Å². The van der Waals surface area contributed by atoms with Gasteiger partial charge in [-0.15, -0.1) is 0 Å². The second kappa shape index (κ2) is 8.20. The van der Waals surface area contributed by atoms with Crippen LogP contribution in [0.25, 0.3) is 16.7 Å². The van der Waals surface area contributed by atoms with Gasteiger partial charge in [-0.1, -0.05) is 11.6 Å². The van der Waals surface area contributed by atoms with E-state index in [1.54, 1.807) is 35.0 Å². The smallest absolute Gasteiger partial charge is 0.229 e. The SMILES string of the molecule is N#Cc1cnc2c(ccn2-c2ccc(OC3OC(CO)C(O)C(O)C3O)c(Cl)c2)c1. The van der Waals surface area contributed by atoms with Crippen molar-refractivity contribution >= 4 is 22.6 Å². The summed E-state index contributed by atoms with van der Waals surface area (Å²) in [4.78, 5) is 4.32. The van der Waals surface area contributed by atoms with Gasteiger partial charge in [-0.2, -0.15) is 5.26 Å². The van der Waals surface area contributed by atoms with Crippen LogP contribution in [0.15, 0.2) is 42.7 Å². The summed E-state index contributed by atoms with van der Waals surface area (Å²) in [5.41, 5.74) is 1.79. The van der Waals surface area contributed by atoms with Crippen LogP contribution in [-0.2, 0) is 4.74 Å². The second-order valence-electron chi connectivity index (χ2n) is 6.86. The highest BCUT2D eigenvalue weighted by atomic mass is 35.5. The van der Waals surface area contributed by atoms with E-state index in [2.05, 4.69) is 4.98 Å². The molecule has 0 bridgehead atoms. The Labute approximate surface area is 175 Å². The summed E-state index contributed by atoms with van der Waals surface area (Å²) in [6, 6.07) is 10.5. The molecule has 0 radical (unpaired) electrons. The molecule has 1 aromatic carbocycles. The second-order valence-corrected chi connectivity index (χ2v) is 7.27. The molecule has 0 spiro atoms. The average molecular weight is 432 g/mol. The maximum atomic E-state index is 10.1. The van der Waals surface area contributed by atoms with Gasteiger partial charge in [-0.25, -0.2) is 4.98 Å². The number of nitrogens with zero attached hydrogens (tertiary/aromatic N) is 3. The molecule has 30 heavy (non-hydrogen) atoms. The Kier molecular flexibility index (Phi) is 5.62. The van der Waals surface area contributed by atoms with Crippen LogP contribution in [0.4, 0.5) is 0 Å². The predicted octanol–water partition coefficient (Wildman–Crippen LogP) is 0.729. The van der Waals surface area contributed by atoms with Crippen molar-refractivity contribution in [3.8, 4) is 17.5 Å². The third-order valence-electron chi connectivity index (χ3n) is 4.94. The van der Waals surface area contributed by atoms with Gasteiger partial charge in [0.25, 0.3) is 0 Å². The van der Waals surface area contributed by atoms with E-state index in [-0.39, 0.29) is 10.8 Å². The number of pyridine rings is 1. The van der Waals surface area contributed by atoms with E-state index >= 15 is 0 Å². The number of nitriles is 1. The highest BCUT2D eigenvalue weighted by Gasteiger charge is 2.44. The van der Waals surface area contributed by atoms with Crippen LogP contribution < -0.4 is 4.74 Å². The highest BCUT2D eigenvalue weighted by molar-refractivity contribution is 6.32. The molecule has 10 heteroatoms. The Balaban J connectivity index is 1.59. The fourth-order valence-corrected chi connectivity index (χ4v) is 3.54. The van der Waals surface area contributed by atoms with Crippen LogP contribution in [-0.4, -0.2) is 67.3 Å². The normalized spacial score (nSPS) is 26.5. The number of aliphatic hydroxyl groups is 4. The van der Waals surface area contributed by atoms with Gasteiger partial charge in [0.05, 0.1) is 17.2 Å². The predicted molar refractivity (Wildman–Crippen MR) is 105 cm³/mol. The van der Waals surface area contributed by atoms with Crippen molar-refractivity contribution in [1.82, 2.24) is 9.55 Å². The van der Waals surface area contributed by atoms with Gasteiger partial charge in [0, 0.05) is 23.5 Å². The molecule has 9 nitrogen and oxygen atoms in total. The molecule has 1 fully saturated rings. The zero-order valence-electron chi connectivity index (χ0n) is 15.5. The van der Waals surface area contributed by atoms with Gasteiger partial charge >= 0.3 is 0 Å². The molecule has 0 aliphatic carbocycles. The first-order valence-electron chi connectivity index (χ1n) is 9.07. The van der Waals surface area contributed by atoms with E-state index in [0.717, 1.165) is 5.39 Å². The fourth-order valence-electron chi connectivity index (χ4n) is 3.32. The zero-order chi connectivity index (χ0) is 21.4. The standard InChI is InChI=1S/C20H18ClN3O6/c21-13-6-12(24-4-3-11-5-10(7-22)8-23-19(11)24)1-2-14(13)29-20-18(28)17(27)16(26)15(9-25)30-20/h1-6,8,15-18,20,25-28H,9H2. The summed E-state index contributed by atoms with van der Waals surface area (Å²) >= 11 is 6.35. The molecule has 4 N–H and O–H groups in total. The summed E-state index contributed by atoms with van der Waals surface area (Å²) in [6.07, 6.45) is -3.69. The van der Waals surface area contributed by atoms with E-state index in [1.165, 1.54) is 6.20 Å². The first-order valence-corrected chi connectivity index (χ1v) is 9.45. The van der Waals surface area contributed by atoms with Gasteiger partial charge in [-0.3, -0.25) is 0 Å². The molecule has 0 saturated carbocycles. The topological polar surface area (TPSA) is 141 Å². The first kappa shape index (κ1) is 20.6. The summed E-state index contributed by atoms with van der Waals surface area (Å²) in [6.45, 7) is -0.557. The molecular weight excluding hydrogens is 414 g/mol. The zero-order valence-corrected chi connectivity index (χ0v) is 16.2. The summed E-state index contributed by atoms with van der Waals surface area (Å²) in [5.74, 6) is 0.181. The Bertz CT molecular complexity index is 1110. The minimum absolute atomic E-state index is 0.181. The van der Waals surface area contributed by atoms with E-state index in [1.807, 2.05) is 12.1 Å². The van der Waals surface area contributed by atoms with Crippen LogP contribution in [0.1, 0.15) is 5.56 Å². The van der Waals surface area contributed by atoms with E-state index < -0.39 is 37.3 Å². The molecule has 2 aromatic heterocycles. The summed E-state index contributed by atoms with van der Waals surface area (Å²) in [7, 11) is 0. The molecule has 1 saturated heterocycles. The van der Waals surface area contributed by atoms with Crippen molar-refractivity contribution in [1.29, 1.82) is 5.26 Å². The van der Waals surface area contributed by atoms with Crippen molar-refractivity contribution in [3.63, 3.8) is 0 Å². The molecule has 5 atom stereocenters.